The highest BCUT2D eigenvalue weighted by atomic mass is 16.6. The van der Waals surface area contributed by atoms with Crippen molar-refractivity contribution in [3.8, 4) is 0 Å². The van der Waals surface area contributed by atoms with Crippen molar-refractivity contribution in [1.82, 2.24) is 4.90 Å². The van der Waals surface area contributed by atoms with Crippen LogP contribution in [0.3, 0.4) is 0 Å². The minimum Gasteiger partial charge on any atom is -0.390 e. The molecule has 0 spiro atoms. The quantitative estimate of drug-likeness (QED) is 0.773. The van der Waals surface area contributed by atoms with Crippen LogP contribution < -0.4 is 0 Å². The maximum absolute atomic E-state index is 12.7. The molecule has 0 aromatic heterocycles. The number of aliphatic hydroxyl groups is 1. The minimum absolute atomic E-state index is 0.0268. The van der Waals surface area contributed by atoms with E-state index in [4.69, 9.17) is 4.74 Å². The van der Waals surface area contributed by atoms with Crippen LogP contribution in [0.5, 0.6) is 0 Å². The summed E-state index contributed by atoms with van der Waals surface area (Å²) < 4.78 is 6.33. The van der Waals surface area contributed by atoms with Gasteiger partial charge in [-0.15, -0.1) is 6.58 Å². The van der Waals surface area contributed by atoms with Gasteiger partial charge >= 0.3 is 0 Å². The van der Waals surface area contributed by atoms with Gasteiger partial charge in [0.25, 0.3) is 0 Å². The Kier molecular flexibility index (Phi) is 2.14. The SMILES string of the molecule is C=CCN1C(=O)C2C3CC4C(OC1(C(C)C)C42)C3O. The molecule has 2 saturated carbocycles. The zero-order chi connectivity index (χ0) is 13.5. The number of ether oxygens (including phenoxy) is 1. The van der Waals surface area contributed by atoms with Gasteiger partial charge in [-0.25, -0.2) is 0 Å². The number of hydrogen-bond donors (Lipinski definition) is 1. The van der Waals surface area contributed by atoms with Crippen molar-refractivity contribution in [3.63, 3.8) is 0 Å². The van der Waals surface area contributed by atoms with Gasteiger partial charge in [0.2, 0.25) is 5.91 Å². The van der Waals surface area contributed by atoms with Crippen LogP contribution in [0.1, 0.15) is 20.3 Å². The van der Waals surface area contributed by atoms with Crippen LogP contribution in [-0.4, -0.2) is 40.4 Å². The summed E-state index contributed by atoms with van der Waals surface area (Å²) in [5.41, 5.74) is -0.502. The van der Waals surface area contributed by atoms with Crippen LogP contribution in [0.2, 0.25) is 0 Å². The Morgan fingerprint density at radius 1 is 1.58 bits per heavy atom. The maximum atomic E-state index is 12.7. The molecule has 104 valence electrons. The third-order valence-corrected chi connectivity index (χ3v) is 5.97. The smallest absolute Gasteiger partial charge is 0.229 e. The molecule has 4 fully saturated rings. The summed E-state index contributed by atoms with van der Waals surface area (Å²) in [4.78, 5) is 14.6. The lowest BCUT2D eigenvalue weighted by molar-refractivity contribution is -0.190. The van der Waals surface area contributed by atoms with Crippen molar-refractivity contribution < 1.29 is 14.6 Å². The molecule has 0 aromatic rings. The Bertz CT molecular complexity index is 462. The first kappa shape index (κ1) is 11.9. The minimum atomic E-state index is -0.502. The highest BCUT2D eigenvalue weighted by Crippen LogP contribution is 2.68. The lowest BCUT2D eigenvalue weighted by Gasteiger charge is -2.41. The number of nitrogens with zero attached hydrogens (tertiary/aromatic N) is 1. The van der Waals surface area contributed by atoms with E-state index in [0.29, 0.717) is 12.5 Å². The molecule has 2 aliphatic heterocycles. The monoisotopic (exact) mass is 263 g/mol. The number of rotatable bonds is 3. The van der Waals surface area contributed by atoms with Gasteiger partial charge in [0.1, 0.15) is 5.72 Å². The van der Waals surface area contributed by atoms with Crippen molar-refractivity contribution in [2.75, 3.05) is 6.54 Å². The number of carbonyl (C=O) groups is 1. The van der Waals surface area contributed by atoms with E-state index in [0.717, 1.165) is 6.42 Å². The Labute approximate surface area is 113 Å². The molecule has 0 aromatic carbocycles. The largest absolute Gasteiger partial charge is 0.390 e. The van der Waals surface area contributed by atoms with E-state index in [-0.39, 0.29) is 35.7 Å². The second-order valence-electron chi connectivity index (χ2n) is 6.83. The highest BCUT2D eigenvalue weighted by Gasteiger charge is 2.78. The van der Waals surface area contributed by atoms with Crippen LogP contribution in [0, 0.1) is 29.6 Å². The molecule has 1 N–H and O–H groups in total. The third-order valence-electron chi connectivity index (χ3n) is 5.97. The fourth-order valence-corrected chi connectivity index (χ4v) is 5.47. The molecule has 2 bridgehead atoms. The molecule has 4 aliphatic rings. The van der Waals surface area contributed by atoms with Crippen LogP contribution in [0.15, 0.2) is 12.7 Å². The molecule has 7 unspecified atom stereocenters. The predicted octanol–water partition coefficient (Wildman–Crippen LogP) is 1.01. The van der Waals surface area contributed by atoms with E-state index in [1.54, 1.807) is 6.08 Å². The normalized spacial score (nSPS) is 53.7. The molecular formula is C15H21NO3. The Morgan fingerprint density at radius 3 is 2.95 bits per heavy atom. The molecule has 1 amide bonds. The summed E-state index contributed by atoms with van der Waals surface area (Å²) in [5.74, 6) is 1.14. The van der Waals surface area contributed by atoms with Crippen molar-refractivity contribution in [1.29, 1.82) is 0 Å². The first-order valence-electron chi connectivity index (χ1n) is 7.32. The number of aliphatic hydroxyl groups excluding tert-OH is 1. The maximum Gasteiger partial charge on any atom is 0.229 e. The fraction of sp³-hybridized carbons (Fsp3) is 0.800. The van der Waals surface area contributed by atoms with Gasteiger partial charge in [0.15, 0.2) is 0 Å². The second kappa shape index (κ2) is 3.41. The van der Waals surface area contributed by atoms with Gasteiger partial charge in [-0.1, -0.05) is 19.9 Å². The van der Waals surface area contributed by atoms with Crippen LogP contribution in [0.25, 0.3) is 0 Å². The predicted molar refractivity (Wildman–Crippen MR) is 68.9 cm³/mol. The summed E-state index contributed by atoms with van der Waals surface area (Å²) in [7, 11) is 0. The zero-order valence-corrected chi connectivity index (χ0v) is 11.5. The molecule has 4 heteroatoms. The van der Waals surface area contributed by atoms with Gasteiger partial charge in [0.05, 0.1) is 18.1 Å². The fourth-order valence-electron chi connectivity index (χ4n) is 5.47. The lowest BCUT2D eigenvalue weighted by atomic mass is 9.74. The van der Waals surface area contributed by atoms with Crippen LogP contribution >= 0.6 is 0 Å². The van der Waals surface area contributed by atoms with Crippen molar-refractivity contribution in [2.24, 2.45) is 29.6 Å². The van der Waals surface area contributed by atoms with Gasteiger partial charge in [-0.2, -0.15) is 0 Å². The summed E-state index contributed by atoms with van der Waals surface area (Å²) >= 11 is 0. The van der Waals surface area contributed by atoms with E-state index in [9.17, 15) is 9.90 Å². The van der Waals surface area contributed by atoms with E-state index in [2.05, 4.69) is 20.4 Å². The third kappa shape index (κ3) is 1.05. The summed E-state index contributed by atoms with van der Waals surface area (Å²) in [6, 6.07) is 0. The number of amides is 1. The highest BCUT2D eigenvalue weighted by molar-refractivity contribution is 5.84. The Morgan fingerprint density at radius 2 is 2.32 bits per heavy atom. The standard InChI is InChI=1S/C15H21NO3/c1-4-5-16-14(18)10-8-6-9-11(10)15(16,7(2)3)19-13(9)12(8)17/h4,7-13,17H,1,5-6H2,2-3H3. The Balaban J connectivity index is 1.86. The van der Waals surface area contributed by atoms with Crippen LogP contribution in [-0.2, 0) is 9.53 Å². The second-order valence-corrected chi connectivity index (χ2v) is 6.83. The molecule has 2 aliphatic carbocycles. The molecular weight excluding hydrogens is 242 g/mol. The number of fused-ring (bicyclic) bond motifs is 2. The van der Waals surface area contributed by atoms with E-state index in [1.165, 1.54) is 0 Å². The summed E-state index contributed by atoms with van der Waals surface area (Å²) in [6.07, 6.45) is 2.24. The van der Waals surface area contributed by atoms with Gasteiger partial charge < -0.3 is 14.7 Å². The van der Waals surface area contributed by atoms with E-state index >= 15 is 0 Å². The van der Waals surface area contributed by atoms with Crippen LogP contribution in [0.4, 0.5) is 0 Å². The number of hydrogen-bond acceptors (Lipinski definition) is 3. The average molecular weight is 263 g/mol. The first-order chi connectivity index (χ1) is 9.04. The molecule has 0 radical (unpaired) electrons. The van der Waals surface area contributed by atoms with Crippen molar-refractivity contribution >= 4 is 5.91 Å². The van der Waals surface area contributed by atoms with Crippen molar-refractivity contribution in [3.05, 3.63) is 12.7 Å². The number of likely N-dealkylation sites (tertiary alicyclic amines) is 1. The zero-order valence-electron chi connectivity index (χ0n) is 11.5. The molecule has 4 rings (SSSR count). The van der Waals surface area contributed by atoms with E-state index < -0.39 is 11.8 Å². The molecule has 4 nitrogen and oxygen atoms in total. The Hall–Kier alpha value is -0.870. The van der Waals surface area contributed by atoms with Gasteiger partial charge in [-0.3, -0.25) is 4.79 Å². The van der Waals surface area contributed by atoms with Gasteiger partial charge in [0, 0.05) is 18.4 Å². The number of carbonyl (C=O) groups excluding carboxylic acids is 1. The summed E-state index contributed by atoms with van der Waals surface area (Å²) in [5, 5.41) is 10.3. The van der Waals surface area contributed by atoms with Crippen molar-refractivity contribution in [2.45, 2.75) is 38.2 Å². The van der Waals surface area contributed by atoms with Gasteiger partial charge in [-0.05, 0) is 18.3 Å². The molecule has 7 atom stereocenters. The molecule has 19 heavy (non-hydrogen) atoms. The lowest BCUT2D eigenvalue weighted by Crippen LogP contribution is -2.54. The average Bonchev–Trinajstić information content (AvgIpc) is 3.00. The topological polar surface area (TPSA) is 49.8 Å². The summed E-state index contributed by atoms with van der Waals surface area (Å²) in [6.45, 7) is 8.56. The van der Waals surface area contributed by atoms with E-state index in [1.807, 2.05) is 4.90 Å². The molecule has 2 saturated heterocycles. The first-order valence-corrected chi connectivity index (χ1v) is 7.32. The molecule has 2 heterocycles.